The number of hydrogen-bond donors (Lipinski definition) is 2. The Morgan fingerprint density at radius 2 is 1.94 bits per heavy atom. The molecule has 2 aromatic carbocycles. The third-order valence-corrected chi connectivity index (χ3v) is 9.23. The van der Waals surface area contributed by atoms with Crippen LogP contribution in [0.3, 0.4) is 0 Å². The third kappa shape index (κ3) is 5.10. The first-order chi connectivity index (χ1) is 17.1. The number of fused-ring (bicyclic) bond motifs is 1. The molecule has 1 fully saturated rings. The fourth-order valence-electron chi connectivity index (χ4n) is 5.27. The molecule has 192 valence electrons. The van der Waals surface area contributed by atoms with E-state index in [0.717, 1.165) is 48.5 Å². The molecule has 0 bridgehead atoms. The summed E-state index contributed by atoms with van der Waals surface area (Å²) in [5, 5.41) is 10.9. The van der Waals surface area contributed by atoms with Crippen LogP contribution in [0.25, 0.3) is 0 Å². The zero-order valence-electron chi connectivity index (χ0n) is 20.1. The van der Waals surface area contributed by atoms with Gasteiger partial charge in [0, 0.05) is 41.7 Å². The average molecular weight is 533 g/mol. The van der Waals surface area contributed by atoms with Gasteiger partial charge in [-0.25, -0.2) is 17.8 Å². The van der Waals surface area contributed by atoms with Crippen LogP contribution < -0.4 is 9.46 Å². The van der Waals surface area contributed by atoms with E-state index in [2.05, 4.69) is 19.0 Å². The van der Waals surface area contributed by atoms with Gasteiger partial charge < -0.3 is 9.84 Å². The zero-order valence-corrected chi connectivity index (χ0v) is 21.7. The SMILES string of the molecule is CC(C)(O)C1CCN([C@H]2CCOc3cc(S(=O)(=O)Nc4ncns4)ccc32)[C@@H](c2ccc(F)cc2)C1. The Morgan fingerprint density at radius 3 is 2.64 bits per heavy atom. The Morgan fingerprint density at radius 1 is 1.17 bits per heavy atom. The van der Waals surface area contributed by atoms with Crippen molar-refractivity contribution in [3.05, 3.63) is 65.7 Å². The van der Waals surface area contributed by atoms with Crippen LogP contribution in [0.15, 0.2) is 53.7 Å². The van der Waals surface area contributed by atoms with Gasteiger partial charge in [-0.2, -0.15) is 4.37 Å². The van der Waals surface area contributed by atoms with Crippen molar-refractivity contribution in [1.29, 1.82) is 0 Å². The van der Waals surface area contributed by atoms with E-state index in [0.29, 0.717) is 12.4 Å². The van der Waals surface area contributed by atoms with Crippen molar-refractivity contribution >= 4 is 26.7 Å². The van der Waals surface area contributed by atoms with Crippen LogP contribution in [0.5, 0.6) is 5.75 Å². The van der Waals surface area contributed by atoms with Crippen molar-refractivity contribution in [2.24, 2.45) is 5.92 Å². The van der Waals surface area contributed by atoms with Gasteiger partial charge in [0.1, 0.15) is 17.9 Å². The highest BCUT2D eigenvalue weighted by molar-refractivity contribution is 7.93. The molecule has 36 heavy (non-hydrogen) atoms. The summed E-state index contributed by atoms with van der Waals surface area (Å²) in [7, 11) is -3.84. The largest absolute Gasteiger partial charge is 0.493 e. The molecule has 0 amide bonds. The number of anilines is 1. The first-order valence-corrected chi connectivity index (χ1v) is 14.2. The number of nitrogens with one attached hydrogen (secondary N) is 1. The molecule has 2 aliphatic rings. The van der Waals surface area contributed by atoms with Gasteiger partial charge in [-0.3, -0.25) is 9.62 Å². The van der Waals surface area contributed by atoms with Gasteiger partial charge in [-0.15, -0.1) is 0 Å². The molecule has 2 aliphatic heterocycles. The standard InChI is InChI=1S/C25H29FN4O4S2/c1-25(2,31)17-9-11-30(22(13-17)16-3-5-18(26)6-4-16)21-10-12-34-23-14-19(7-8-20(21)23)36(32,33)29-24-27-15-28-35-24/h3-8,14-15,17,21-22,31H,9-13H2,1-2H3,(H,27,28,29)/t17?,21-,22+/m0/s1. The fraction of sp³-hybridized carbons (Fsp3) is 0.440. The van der Waals surface area contributed by atoms with E-state index in [-0.39, 0.29) is 33.8 Å². The monoisotopic (exact) mass is 532 g/mol. The van der Waals surface area contributed by atoms with Crippen LogP contribution in [-0.4, -0.2) is 46.5 Å². The topological polar surface area (TPSA) is 105 Å². The van der Waals surface area contributed by atoms with Crippen molar-refractivity contribution in [2.75, 3.05) is 17.9 Å². The molecule has 0 saturated carbocycles. The van der Waals surface area contributed by atoms with Gasteiger partial charge in [-0.05, 0) is 62.9 Å². The van der Waals surface area contributed by atoms with Gasteiger partial charge in [0.05, 0.1) is 17.1 Å². The molecular weight excluding hydrogens is 503 g/mol. The second-order valence-corrected chi connectivity index (χ2v) is 12.3. The molecule has 1 aromatic heterocycles. The van der Waals surface area contributed by atoms with E-state index < -0.39 is 15.6 Å². The van der Waals surface area contributed by atoms with E-state index >= 15 is 0 Å². The van der Waals surface area contributed by atoms with E-state index in [1.165, 1.54) is 18.5 Å². The van der Waals surface area contributed by atoms with E-state index in [1.807, 2.05) is 32.0 Å². The Balaban J connectivity index is 1.46. The number of rotatable bonds is 6. The first kappa shape index (κ1) is 25.1. The highest BCUT2D eigenvalue weighted by atomic mass is 32.2. The Kier molecular flexibility index (Phi) is 6.75. The summed E-state index contributed by atoms with van der Waals surface area (Å²) in [6.45, 7) is 4.89. The molecule has 1 unspecified atom stereocenters. The molecule has 0 aliphatic carbocycles. The molecule has 8 nitrogen and oxygen atoms in total. The van der Waals surface area contributed by atoms with Gasteiger partial charge in [0.15, 0.2) is 0 Å². The summed E-state index contributed by atoms with van der Waals surface area (Å²) in [6.07, 6.45) is 3.60. The average Bonchev–Trinajstić information content (AvgIpc) is 3.35. The zero-order chi connectivity index (χ0) is 25.5. The minimum atomic E-state index is -3.84. The van der Waals surface area contributed by atoms with Crippen LogP contribution in [-0.2, 0) is 10.0 Å². The molecule has 11 heteroatoms. The normalized spacial score (nSPS) is 23.1. The number of piperidine rings is 1. The predicted octanol–water partition coefficient (Wildman–Crippen LogP) is 4.53. The summed E-state index contributed by atoms with van der Waals surface area (Å²) in [5.74, 6) is 0.350. The number of sulfonamides is 1. The smallest absolute Gasteiger partial charge is 0.263 e. The highest BCUT2D eigenvalue weighted by Gasteiger charge is 2.41. The van der Waals surface area contributed by atoms with Crippen molar-refractivity contribution < 1.29 is 22.7 Å². The second kappa shape index (κ2) is 9.70. The summed E-state index contributed by atoms with van der Waals surface area (Å²) >= 11 is 0.963. The lowest BCUT2D eigenvalue weighted by molar-refractivity contribution is -0.0441. The fourth-order valence-corrected chi connectivity index (χ4v) is 6.94. The van der Waals surface area contributed by atoms with Gasteiger partial charge in [-0.1, -0.05) is 18.2 Å². The van der Waals surface area contributed by atoms with Crippen LogP contribution in [0.1, 0.15) is 56.3 Å². The molecule has 3 atom stereocenters. The van der Waals surface area contributed by atoms with Crippen molar-refractivity contribution in [3.8, 4) is 5.75 Å². The lowest BCUT2D eigenvalue weighted by Crippen LogP contribution is -2.45. The van der Waals surface area contributed by atoms with Crippen molar-refractivity contribution in [3.63, 3.8) is 0 Å². The number of halogens is 1. The molecule has 0 radical (unpaired) electrons. The molecule has 2 N–H and O–H groups in total. The summed E-state index contributed by atoms with van der Waals surface area (Å²) < 4.78 is 51.6. The van der Waals surface area contributed by atoms with E-state index in [4.69, 9.17) is 4.74 Å². The van der Waals surface area contributed by atoms with Crippen LogP contribution in [0.4, 0.5) is 9.52 Å². The van der Waals surface area contributed by atoms with Crippen molar-refractivity contribution in [1.82, 2.24) is 14.3 Å². The van der Waals surface area contributed by atoms with Crippen LogP contribution in [0.2, 0.25) is 0 Å². The van der Waals surface area contributed by atoms with Crippen LogP contribution >= 0.6 is 11.5 Å². The quantitative estimate of drug-likeness (QED) is 0.481. The van der Waals surface area contributed by atoms with E-state index in [1.54, 1.807) is 12.1 Å². The number of likely N-dealkylation sites (tertiary alicyclic amines) is 1. The minimum Gasteiger partial charge on any atom is -0.493 e. The lowest BCUT2D eigenvalue weighted by atomic mass is 9.77. The number of nitrogens with zero attached hydrogens (tertiary/aromatic N) is 3. The number of aliphatic hydroxyl groups is 1. The number of ether oxygens (including phenoxy) is 1. The lowest BCUT2D eigenvalue weighted by Gasteiger charge is -2.48. The second-order valence-electron chi connectivity index (χ2n) is 9.88. The Hall–Kier alpha value is -2.60. The maximum atomic E-state index is 13.7. The molecular formula is C25H29FN4O4S2. The maximum Gasteiger partial charge on any atom is 0.263 e. The minimum absolute atomic E-state index is 0.000524. The van der Waals surface area contributed by atoms with Gasteiger partial charge >= 0.3 is 0 Å². The number of aromatic nitrogens is 2. The maximum absolute atomic E-state index is 13.7. The molecule has 3 aromatic rings. The first-order valence-electron chi connectivity index (χ1n) is 11.9. The summed E-state index contributed by atoms with van der Waals surface area (Å²) in [5.41, 5.74) is 1.10. The van der Waals surface area contributed by atoms with E-state index in [9.17, 15) is 17.9 Å². The van der Waals surface area contributed by atoms with Crippen molar-refractivity contribution in [2.45, 2.75) is 55.7 Å². The molecule has 3 heterocycles. The highest BCUT2D eigenvalue weighted by Crippen LogP contribution is 2.47. The predicted molar refractivity (Wildman–Crippen MR) is 135 cm³/mol. The molecule has 5 rings (SSSR count). The number of hydrogen-bond acceptors (Lipinski definition) is 8. The summed E-state index contributed by atoms with van der Waals surface area (Å²) in [4.78, 5) is 6.38. The Labute approximate surface area is 214 Å². The molecule has 0 spiro atoms. The summed E-state index contributed by atoms with van der Waals surface area (Å²) in [6, 6.07) is 11.5. The van der Waals surface area contributed by atoms with Crippen LogP contribution in [0, 0.1) is 11.7 Å². The Bertz CT molecular complexity index is 1310. The number of benzene rings is 2. The van der Waals surface area contributed by atoms with Gasteiger partial charge in [0.25, 0.3) is 10.0 Å². The molecule has 1 saturated heterocycles. The van der Waals surface area contributed by atoms with Gasteiger partial charge in [0.2, 0.25) is 5.13 Å². The third-order valence-electron chi connectivity index (χ3n) is 7.18.